The van der Waals surface area contributed by atoms with E-state index in [0.29, 0.717) is 18.8 Å². The molecular weight excluding hydrogens is 364 g/mol. The maximum absolute atomic E-state index is 12.9. The molecule has 0 aliphatic carbocycles. The van der Waals surface area contributed by atoms with Gasteiger partial charge in [0.1, 0.15) is 17.9 Å². The van der Waals surface area contributed by atoms with Crippen molar-refractivity contribution in [3.8, 4) is 5.75 Å². The molecule has 2 aromatic rings. The zero-order valence-corrected chi connectivity index (χ0v) is 15.8. The summed E-state index contributed by atoms with van der Waals surface area (Å²) in [7, 11) is -2.07. The summed E-state index contributed by atoms with van der Waals surface area (Å²) >= 11 is 6.07. The predicted octanol–water partition coefficient (Wildman–Crippen LogP) is 2.53. The van der Waals surface area contributed by atoms with Crippen LogP contribution in [0.1, 0.15) is 31.6 Å². The Bertz CT molecular complexity index is 845. The summed E-state index contributed by atoms with van der Waals surface area (Å²) in [5.41, 5.74) is 0. The Morgan fingerprint density at radius 2 is 2.04 bits per heavy atom. The summed E-state index contributed by atoms with van der Waals surface area (Å²) in [5.74, 6) is 1.39. The smallest absolute Gasteiger partial charge is 0.243 e. The first kappa shape index (κ1) is 18.2. The standard InChI is InChI=1S/C16H21ClN4O3S/c1-3-16-19-18-11-21(16)12-6-8-20(9-7-12)25(22,23)13-4-5-15(24-2)14(17)10-13/h4-5,10-12H,3,6-9H2,1-2H3. The largest absolute Gasteiger partial charge is 0.495 e. The van der Waals surface area contributed by atoms with E-state index in [-0.39, 0.29) is 16.0 Å². The number of methoxy groups -OCH3 is 1. The average molecular weight is 385 g/mol. The van der Waals surface area contributed by atoms with Crippen LogP contribution in [0, 0.1) is 0 Å². The number of hydrogen-bond acceptors (Lipinski definition) is 5. The van der Waals surface area contributed by atoms with Gasteiger partial charge in [-0.15, -0.1) is 10.2 Å². The topological polar surface area (TPSA) is 77.3 Å². The summed E-state index contributed by atoms with van der Waals surface area (Å²) < 4.78 is 34.4. The van der Waals surface area contributed by atoms with E-state index in [1.165, 1.54) is 23.5 Å². The molecule has 1 aliphatic heterocycles. The zero-order chi connectivity index (χ0) is 18.0. The van der Waals surface area contributed by atoms with Crippen LogP contribution in [-0.4, -0.2) is 47.7 Å². The minimum atomic E-state index is -3.56. The van der Waals surface area contributed by atoms with Gasteiger partial charge in [-0.05, 0) is 31.0 Å². The van der Waals surface area contributed by atoms with Gasteiger partial charge in [0.25, 0.3) is 0 Å². The van der Waals surface area contributed by atoms with Crippen LogP contribution in [0.4, 0.5) is 0 Å². The fraction of sp³-hybridized carbons (Fsp3) is 0.500. The molecule has 0 atom stereocenters. The fourth-order valence-corrected chi connectivity index (χ4v) is 4.96. The Morgan fingerprint density at radius 3 is 2.64 bits per heavy atom. The minimum absolute atomic E-state index is 0.190. The number of halogens is 1. The van der Waals surface area contributed by atoms with E-state index in [9.17, 15) is 8.42 Å². The van der Waals surface area contributed by atoms with Gasteiger partial charge in [0.2, 0.25) is 10.0 Å². The zero-order valence-electron chi connectivity index (χ0n) is 14.2. The second kappa shape index (κ2) is 7.31. The van der Waals surface area contributed by atoms with Gasteiger partial charge in [0, 0.05) is 25.6 Å². The Morgan fingerprint density at radius 1 is 1.32 bits per heavy atom. The highest BCUT2D eigenvalue weighted by molar-refractivity contribution is 7.89. The fourth-order valence-electron chi connectivity index (χ4n) is 3.14. The van der Waals surface area contributed by atoms with Gasteiger partial charge >= 0.3 is 0 Å². The van der Waals surface area contributed by atoms with Crippen LogP contribution in [0.3, 0.4) is 0 Å². The number of ether oxygens (including phenoxy) is 1. The van der Waals surface area contributed by atoms with Crippen molar-refractivity contribution in [1.82, 2.24) is 19.1 Å². The van der Waals surface area contributed by atoms with Crippen LogP contribution in [0.25, 0.3) is 0 Å². The van der Waals surface area contributed by atoms with Gasteiger partial charge in [-0.25, -0.2) is 8.42 Å². The summed E-state index contributed by atoms with van der Waals surface area (Å²) in [6.07, 6.45) is 4.00. The van der Waals surface area contributed by atoms with Crippen molar-refractivity contribution in [3.63, 3.8) is 0 Å². The van der Waals surface area contributed by atoms with Crippen molar-refractivity contribution < 1.29 is 13.2 Å². The molecule has 2 heterocycles. The number of aryl methyl sites for hydroxylation is 1. The van der Waals surface area contributed by atoms with Crippen LogP contribution in [0.15, 0.2) is 29.4 Å². The Balaban J connectivity index is 1.74. The molecule has 1 aromatic carbocycles. The molecule has 25 heavy (non-hydrogen) atoms. The highest BCUT2D eigenvalue weighted by atomic mass is 35.5. The maximum Gasteiger partial charge on any atom is 0.243 e. The van der Waals surface area contributed by atoms with E-state index in [1.54, 1.807) is 12.4 Å². The number of benzene rings is 1. The third kappa shape index (κ3) is 3.51. The van der Waals surface area contributed by atoms with E-state index >= 15 is 0 Å². The minimum Gasteiger partial charge on any atom is -0.495 e. The Hall–Kier alpha value is -1.64. The van der Waals surface area contributed by atoms with E-state index in [4.69, 9.17) is 16.3 Å². The molecule has 0 saturated carbocycles. The van der Waals surface area contributed by atoms with Gasteiger partial charge in [-0.2, -0.15) is 4.31 Å². The monoisotopic (exact) mass is 384 g/mol. The average Bonchev–Trinajstić information content (AvgIpc) is 3.10. The number of sulfonamides is 1. The van der Waals surface area contributed by atoms with Gasteiger partial charge in [-0.1, -0.05) is 18.5 Å². The van der Waals surface area contributed by atoms with Crippen molar-refractivity contribution in [2.24, 2.45) is 0 Å². The van der Waals surface area contributed by atoms with Crippen molar-refractivity contribution >= 4 is 21.6 Å². The summed E-state index contributed by atoms with van der Waals surface area (Å²) in [4.78, 5) is 0.190. The Kier molecular flexibility index (Phi) is 5.31. The van der Waals surface area contributed by atoms with Gasteiger partial charge in [0.15, 0.2) is 0 Å². The summed E-state index contributed by atoms with van der Waals surface area (Å²) in [6.45, 7) is 2.95. The molecule has 0 amide bonds. The first-order valence-corrected chi connectivity index (χ1v) is 10.0. The Labute approximate surface area is 152 Å². The number of rotatable bonds is 5. The van der Waals surface area contributed by atoms with Crippen LogP contribution in [0.2, 0.25) is 5.02 Å². The first-order chi connectivity index (χ1) is 12.0. The lowest BCUT2D eigenvalue weighted by atomic mass is 10.1. The van der Waals surface area contributed by atoms with E-state index in [1.807, 2.05) is 6.92 Å². The van der Waals surface area contributed by atoms with Gasteiger partial charge in [0.05, 0.1) is 17.0 Å². The van der Waals surface area contributed by atoms with Crippen LogP contribution < -0.4 is 4.74 Å². The molecular formula is C16H21ClN4O3S. The number of nitrogens with zero attached hydrogens (tertiary/aromatic N) is 4. The third-order valence-electron chi connectivity index (χ3n) is 4.54. The summed E-state index contributed by atoms with van der Waals surface area (Å²) in [6, 6.07) is 4.78. The normalized spacial score (nSPS) is 16.9. The number of aromatic nitrogens is 3. The molecule has 0 radical (unpaired) electrons. The van der Waals surface area contributed by atoms with Crippen LogP contribution in [-0.2, 0) is 16.4 Å². The van der Waals surface area contributed by atoms with Gasteiger partial charge < -0.3 is 9.30 Å². The number of hydrogen-bond donors (Lipinski definition) is 0. The molecule has 1 fully saturated rings. The van der Waals surface area contributed by atoms with Crippen molar-refractivity contribution in [2.75, 3.05) is 20.2 Å². The van der Waals surface area contributed by atoms with Gasteiger partial charge in [-0.3, -0.25) is 0 Å². The molecule has 1 aromatic heterocycles. The second-order valence-electron chi connectivity index (χ2n) is 5.94. The van der Waals surface area contributed by atoms with Crippen molar-refractivity contribution in [2.45, 2.75) is 37.1 Å². The lowest BCUT2D eigenvalue weighted by Crippen LogP contribution is -2.39. The highest BCUT2D eigenvalue weighted by Gasteiger charge is 2.31. The molecule has 0 spiro atoms. The van der Waals surface area contributed by atoms with Crippen LogP contribution >= 0.6 is 11.6 Å². The molecule has 3 rings (SSSR count). The SMILES string of the molecule is CCc1nncn1C1CCN(S(=O)(=O)c2ccc(OC)c(Cl)c2)CC1. The summed E-state index contributed by atoms with van der Waals surface area (Å²) in [5, 5.41) is 8.36. The molecule has 0 bridgehead atoms. The predicted molar refractivity (Wildman–Crippen MR) is 94.4 cm³/mol. The van der Waals surface area contributed by atoms with E-state index in [2.05, 4.69) is 14.8 Å². The third-order valence-corrected chi connectivity index (χ3v) is 6.73. The molecule has 1 saturated heterocycles. The molecule has 136 valence electrons. The second-order valence-corrected chi connectivity index (χ2v) is 8.28. The first-order valence-electron chi connectivity index (χ1n) is 8.19. The molecule has 0 unspecified atom stereocenters. The maximum atomic E-state index is 12.9. The molecule has 7 nitrogen and oxygen atoms in total. The lowest BCUT2D eigenvalue weighted by Gasteiger charge is -2.32. The molecule has 0 N–H and O–H groups in total. The lowest BCUT2D eigenvalue weighted by molar-refractivity contribution is 0.270. The quantitative estimate of drug-likeness (QED) is 0.791. The van der Waals surface area contributed by atoms with Crippen molar-refractivity contribution in [1.29, 1.82) is 0 Å². The van der Waals surface area contributed by atoms with Crippen LogP contribution in [0.5, 0.6) is 5.75 Å². The molecule has 1 aliphatic rings. The highest BCUT2D eigenvalue weighted by Crippen LogP contribution is 2.31. The molecule has 9 heteroatoms. The van der Waals surface area contributed by atoms with Crippen molar-refractivity contribution in [3.05, 3.63) is 35.4 Å². The van der Waals surface area contributed by atoms with E-state index < -0.39 is 10.0 Å². The number of piperidine rings is 1. The van der Waals surface area contributed by atoms with E-state index in [0.717, 1.165) is 25.1 Å².